The summed E-state index contributed by atoms with van der Waals surface area (Å²) in [6.07, 6.45) is 0.594. The van der Waals surface area contributed by atoms with Gasteiger partial charge in [-0.1, -0.05) is 28.9 Å². The first-order valence-electron chi connectivity index (χ1n) is 9.00. The lowest BCUT2D eigenvalue weighted by atomic mass is 10.1. The van der Waals surface area contributed by atoms with Crippen molar-refractivity contribution in [1.82, 2.24) is 14.9 Å². The fraction of sp³-hybridized carbons (Fsp3) is 0.300. The average molecular weight is 417 g/mol. The van der Waals surface area contributed by atoms with E-state index < -0.39 is 11.9 Å². The van der Waals surface area contributed by atoms with Crippen LogP contribution in [-0.4, -0.2) is 33.4 Å². The molecule has 0 aliphatic heterocycles. The van der Waals surface area contributed by atoms with Gasteiger partial charge >= 0.3 is 5.97 Å². The number of aryl methyl sites for hydroxylation is 3. The molecule has 1 amide bonds. The second kappa shape index (κ2) is 8.91. The van der Waals surface area contributed by atoms with Gasteiger partial charge in [-0.05, 0) is 32.4 Å². The molecule has 0 radical (unpaired) electrons. The number of halogens is 1. The number of rotatable bonds is 7. The molecule has 3 aromatic rings. The van der Waals surface area contributed by atoms with E-state index in [1.807, 2.05) is 19.1 Å². The Morgan fingerprint density at radius 3 is 2.62 bits per heavy atom. The van der Waals surface area contributed by atoms with Crippen LogP contribution in [0.15, 0.2) is 34.9 Å². The van der Waals surface area contributed by atoms with Crippen molar-refractivity contribution < 1.29 is 18.8 Å². The molecule has 2 heterocycles. The van der Waals surface area contributed by atoms with Crippen molar-refractivity contribution in [3.63, 3.8) is 0 Å². The second-order valence-corrected chi connectivity index (χ2v) is 6.99. The fourth-order valence-corrected chi connectivity index (χ4v) is 2.95. The molecule has 1 aromatic carbocycles. The summed E-state index contributed by atoms with van der Waals surface area (Å²) in [7, 11) is 1.71. The van der Waals surface area contributed by atoms with Crippen molar-refractivity contribution in [2.24, 2.45) is 7.05 Å². The van der Waals surface area contributed by atoms with Crippen molar-refractivity contribution in [2.45, 2.75) is 26.7 Å². The maximum absolute atomic E-state index is 12.1. The van der Waals surface area contributed by atoms with Gasteiger partial charge in [-0.15, -0.1) is 0 Å². The third-order valence-corrected chi connectivity index (χ3v) is 4.66. The van der Waals surface area contributed by atoms with Gasteiger partial charge in [-0.2, -0.15) is 5.10 Å². The lowest BCUT2D eigenvalue weighted by Gasteiger charge is -2.06. The molecular formula is C20H21ClN4O4. The summed E-state index contributed by atoms with van der Waals surface area (Å²) in [5.41, 5.74) is 3.20. The minimum absolute atomic E-state index is 0.141. The van der Waals surface area contributed by atoms with E-state index in [1.165, 1.54) is 0 Å². The number of amides is 1. The van der Waals surface area contributed by atoms with Crippen LogP contribution in [0.25, 0.3) is 11.3 Å². The maximum Gasteiger partial charge on any atom is 0.306 e. The average Bonchev–Trinajstić information content (AvgIpc) is 3.21. The fourth-order valence-electron chi connectivity index (χ4n) is 2.83. The highest BCUT2D eigenvalue weighted by Gasteiger charge is 2.14. The van der Waals surface area contributed by atoms with Gasteiger partial charge in [0, 0.05) is 35.7 Å². The summed E-state index contributed by atoms with van der Waals surface area (Å²) in [4.78, 5) is 24.0. The SMILES string of the molecule is Cc1noc(C)c1CCC(=O)OCC(=O)Nc1cc(-c2ccc(Cl)cc2)nn1C. The number of nitrogens with one attached hydrogen (secondary N) is 1. The van der Waals surface area contributed by atoms with E-state index in [-0.39, 0.29) is 13.0 Å². The van der Waals surface area contributed by atoms with E-state index in [9.17, 15) is 9.59 Å². The van der Waals surface area contributed by atoms with E-state index >= 15 is 0 Å². The molecule has 0 atom stereocenters. The van der Waals surface area contributed by atoms with Gasteiger partial charge in [-0.25, -0.2) is 0 Å². The molecule has 0 bridgehead atoms. The third kappa shape index (κ3) is 5.23. The summed E-state index contributed by atoms with van der Waals surface area (Å²) < 4.78 is 11.7. The first-order chi connectivity index (χ1) is 13.8. The summed E-state index contributed by atoms with van der Waals surface area (Å²) >= 11 is 5.90. The Labute approximate surface area is 172 Å². The van der Waals surface area contributed by atoms with Crippen LogP contribution in [0.1, 0.15) is 23.4 Å². The molecule has 0 saturated carbocycles. The molecule has 0 saturated heterocycles. The summed E-state index contributed by atoms with van der Waals surface area (Å²) in [5.74, 6) is 0.265. The molecular weight excluding hydrogens is 396 g/mol. The van der Waals surface area contributed by atoms with Gasteiger partial charge in [0.05, 0.1) is 11.4 Å². The standard InChI is InChI=1S/C20H21ClN4O4/c1-12-16(13(2)29-24-12)8-9-20(27)28-11-19(26)22-18-10-17(23-25(18)3)14-4-6-15(21)7-5-14/h4-7,10H,8-9,11H2,1-3H3,(H,22,26). The predicted octanol–water partition coefficient (Wildman–Crippen LogP) is 3.46. The van der Waals surface area contributed by atoms with E-state index in [1.54, 1.807) is 36.9 Å². The largest absolute Gasteiger partial charge is 0.456 e. The Hall–Kier alpha value is -3.13. The third-order valence-electron chi connectivity index (χ3n) is 4.41. The topological polar surface area (TPSA) is 99.2 Å². The monoisotopic (exact) mass is 416 g/mol. The number of hydrogen-bond donors (Lipinski definition) is 1. The van der Waals surface area contributed by atoms with Gasteiger partial charge in [0.25, 0.3) is 5.91 Å². The number of anilines is 1. The van der Waals surface area contributed by atoms with Crippen LogP contribution in [0.3, 0.4) is 0 Å². The first-order valence-corrected chi connectivity index (χ1v) is 9.38. The zero-order valence-electron chi connectivity index (χ0n) is 16.4. The number of carbonyl (C=O) groups excluding carboxylic acids is 2. The number of aromatic nitrogens is 3. The Bertz CT molecular complexity index is 1000. The summed E-state index contributed by atoms with van der Waals surface area (Å²) in [6, 6.07) is 8.96. The Balaban J connectivity index is 1.50. The van der Waals surface area contributed by atoms with Crippen LogP contribution in [0.2, 0.25) is 5.02 Å². The van der Waals surface area contributed by atoms with Crippen LogP contribution in [-0.2, 0) is 27.8 Å². The highest BCUT2D eigenvalue weighted by Crippen LogP contribution is 2.23. The van der Waals surface area contributed by atoms with Gasteiger partial charge in [-0.3, -0.25) is 14.3 Å². The van der Waals surface area contributed by atoms with Crippen molar-refractivity contribution in [2.75, 3.05) is 11.9 Å². The second-order valence-electron chi connectivity index (χ2n) is 6.56. The van der Waals surface area contributed by atoms with Crippen molar-refractivity contribution in [1.29, 1.82) is 0 Å². The molecule has 0 unspecified atom stereocenters. The van der Waals surface area contributed by atoms with Crippen molar-refractivity contribution in [3.05, 3.63) is 52.4 Å². The molecule has 2 aromatic heterocycles. The molecule has 1 N–H and O–H groups in total. The number of hydrogen-bond acceptors (Lipinski definition) is 6. The zero-order valence-corrected chi connectivity index (χ0v) is 17.1. The molecule has 0 spiro atoms. The quantitative estimate of drug-likeness (QED) is 0.592. The first kappa shape index (κ1) is 20.6. The van der Waals surface area contributed by atoms with E-state index in [0.29, 0.717) is 28.7 Å². The van der Waals surface area contributed by atoms with Crippen LogP contribution >= 0.6 is 11.6 Å². The van der Waals surface area contributed by atoms with Crippen LogP contribution in [0, 0.1) is 13.8 Å². The zero-order chi connectivity index (χ0) is 21.0. The van der Waals surface area contributed by atoms with Crippen LogP contribution in [0.4, 0.5) is 5.82 Å². The van der Waals surface area contributed by atoms with E-state index in [0.717, 1.165) is 16.8 Å². The smallest absolute Gasteiger partial charge is 0.306 e. The Morgan fingerprint density at radius 1 is 1.24 bits per heavy atom. The lowest BCUT2D eigenvalue weighted by molar-refractivity contribution is -0.147. The van der Waals surface area contributed by atoms with Gasteiger partial charge in [0.2, 0.25) is 0 Å². The number of nitrogens with zero attached hydrogens (tertiary/aromatic N) is 3. The van der Waals surface area contributed by atoms with Gasteiger partial charge in [0.15, 0.2) is 6.61 Å². The lowest BCUT2D eigenvalue weighted by Crippen LogP contribution is -2.22. The number of carbonyl (C=O) groups is 2. The van der Waals surface area contributed by atoms with Crippen molar-refractivity contribution >= 4 is 29.3 Å². The highest BCUT2D eigenvalue weighted by atomic mass is 35.5. The molecule has 3 rings (SSSR count). The summed E-state index contributed by atoms with van der Waals surface area (Å²) in [5, 5.41) is 11.5. The van der Waals surface area contributed by atoms with E-state index in [2.05, 4.69) is 15.6 Å². The predicted molar refractivity (Wildman–Crippen MR) is 108 cm³/mol. The molecule has 8 nitrogen and oxygen atoms in total. The minimum atomic E-state index is -0.466. The minimum Gasteiger partial charge on any atom is -0.456 e. The Kier molecular flexibility index (Phi) is 6.33. The van der Waals surface area contributed by atoms with Crippen LogP contribution in [0.5, 0.6) is 0 Å². The maximum atomic E-state index is 12.1. The highest BCUT2D eigenvalue weighted by molar-refractivity contribution is 6.30. The molecule has 0 fully saturated rings. The summed E-state index contributed by atoms with van der Waals surface area (Å²) in [6.45, 7) is 3.24. The molecule has 29 heavy (non-hydrogen) atoms. The van der Waals surface area contributed by atoms with Gasteiger partial charge < -0.3 is 14.6 Å². The van der Waals surface area contributed by atoms with Crippen LogP contribution < -0.4 is 5.32 Å². The number of benzene rings is 1. The van der Waals surface area contributed by atoms with Crippen molar-refractivity contribution in [3.8, 4) is 11.3 Å². The number of esters is 1. The molecule has 0 aliphatic carbocycles. The normalized spacial score (nSPS) is 10.8. The molecule has 152 valence electrons. The molecule has 9 heteroatoms. The molecule has 0 aliphatic rings. The van der Waals surface area contributed by atoms with E-state index in [4.69, 9.17) is 20.9 Å². The van der Waals surface area contributed by atoms with Gasteiger partial charge in [0.1, 0.15) is 11.6 Å². The number of ether oxygens (including phenoxy) is 1. The Morgan fingerprint density at radius 2 is 1.97 bits per heavy atom.